The second-order valence-corrected chi connectivity index (χ2v) is 9.69. The fraction of sp³-hybridized carbons (Fsp3) is 0.500. The van der Waals surface area contributed by atoms with Crippen molar-refractivity contribution in [2.24, 2.45) is 0 Å². The highest BCUT2D eigenvalue weighted by Gasteiger charge is 2.21. The molecule has 1 aliphatic heterocycles. The maximum absolute atomic E-state index is 12.8. The number of aryl methyl sites for hydroxylation is 2. The van der Waals surface area contributed by atoms with E-state index in [4.69, 9.17) is 14.5 Å². The Balaban J connectivity index is 1.22. The van der Waals surface area contributed by atoms with Crippen molar-refractivity contribution in [2.45, 2.75) is 38.8 Å². The Morgan fingerprint density at radius 2 is 1.66 bits per heavy atom. The number of piperazine rings is 1. The molecule has 170 valence electrons. The fourth-order valence-corrected chi connectivity index (χ4v) is 6.03. The minimum absolute atomic E-state index is 0.0801. The van der Waals surface area contributed by atoms with Gasteiger partial charge in [0.25, 0.3) is 5.56 Å². The predicted molar refractivity (Wildman–Crippen MR) is 126 cm³/mol. The van der Waals surface area contributed by atoms with Crippen LogP contribution in [-0.2, 0) is 25.9 Å². The summed E-state index contributed by atoms with van der Waals surface area (Å²) >= 11 is 1.70. The highest BCUT2D eigenvalue weighted by atomic mass is 32.1. The maximum atomic E-state index is 12.8. The molecule has 2 aromatic heterocycles. The van der Waals surface area contributed by atoms with Gasteiger partial charge in [-0.15, -0.1) is 11.3 Å². The van der Waals surface area contributed by atoms with Crippen molar-refractivity contribution < 1.29 is 9.47 Å². The van der Waals surface area contributed by atoms with Gasteiger partial charge in [-0.25, -0.2) is 4.98 Å². The van der Waals surface area contributed by atoms with E-state index in [0.717, 1.165) is 74.3 Å². The van der Waals surface area contributed by atoms with Crippen LogP contribution in [0.15, 0.2) is 29.1 Å². The lowest BCUT2D eigenvalue weighted by Crippen LogP contribution is -2.45. The van der Waals surface area contributed by atoms with Crippen LogP contribution in [-0.4, -0.2) is 59.6 Å². The normalized spacial score (nSPS) is 17.4. The van der Waals surface area contributed by atoms with Crippen molar-refractivity contribution in [2.75, 3.05) is 40.4 Å². The molecule has 2 aliphatic rings. The van der Waals surface area contributed by atoms with Gasteiger partial charge in [-0.3, -0.25) is 19.0 Å². The zero-order valence-electron chi connectivity index (χ0n) is 18.8. The molecule has 3 heterocycles. The lowest BCUT2D eigenvalue weighted by atomic mass is 10.0. The van der Waals surface area contributed by atoms with E-state index in [-0.39, 0.29) is 5.56 Å². The Morgan fingerprint density at radius 3 is 2.41 bits per heavy atom. The lowest BCUT2D eigenvalue weighted by Gasteiger charge is -2.34. The van der Waals surface area contributed by atoms with Gasteiger partial charge in [0.2, 0.25) is 0 Å². The third-order valence-corrected chi connectivity index (χ3v) is 7.66. The van der Waals surface area contributed by atoms with Crippen LogP contribution < -0.4 is 15.0 Å². The first-order chi connectivity index (χ1) is 15.6. The number of methoxy groups -OCH3 is 2. The zero-order valence-corrected chi connectivity index (χ0v) is 19.6. The molecule has 1 aromatic carbocycles. The first-order valence-electron chi connectivity index (χ1n) is 11.3. The van der Waals surface area contributed by atoms with E-state index in [1.165, 1.54) is 29.0 Å². The molecule has 7 nitrogen and oxygen atoms in total. The Morgan fingerprint density at radius 1 is 0.938 bits per heavy atom. The SMILES string of the molecule is COc1ccc(CN2CCN(Cc3cc(=O)n4c5c(sc4n3)CCCC5)CC2)cc1OC. The quantitative estimate of drug-likeness (QED) is 0.571. The van der Waals surface area contributed by atoms with E-state index in [2.05, 4.69) is 21.9 Å². The largest absolute Gasteiger partial charge is 0.493 e. The monoisotopic (exact) mass is 454 g/mol. The highest BCUT2D eigenvalue weighted by Crippen LogP contribution is 2.29. The van der Waals surface area contributed by atoms with Crippen molar-refractivity contribution in [3.05, 3.63) is 56.4 Å². The summed E-state index contributed by atoms with van der Waals surface area (Å²) in [7, 11) is 3.33. The highest BCUT2D eigenvalue weighted by molar-refractivity contribution is 7.17. The lowest BCUT2D eigenvalue weighted by molar-refractivity contribution is 0.121. The molecule has 1 aliphatic carbocycles. The Labute approximate surface area is 192 Å². The topological polar surface area (TPSA) is 59.3 Å². The van der Waals surface area contributed by atoms with Crippen LogP contribution in [0.25, 0.3) is 4.96 Å². The molecule has 0 bridgehead atoms. The maximum Gasteiger partial charge on any atom is 0.259 e. The van der Waals surface area contributed by atoms with Crippen molar-refractivity contribution in [3.8, 4) is 11.5 Å². The van der Waals surface area contributed by atoms with Crippen LogP contribution in [0.3, 0.4) is 0 Å². The van der Waals surface area contributed by atoms with Gasteiger partial charge in [-0.1, -0.05) is 6.07 Å². The Hall–Kier alpha value is -2.42. The summed E-state index contributed by atoms with van der Waals surface area (Å²) in [5, 5.41) is 0. The molecule has 5 rings (SSSR count). The molecule has 1 saturated heterocycles. The number of hydrogen-bond acceptors (Lipinski definition) is 7. The van der Waals surface area contributed by atoms with E-state index in [1.807, 2.05) is 10.5 Å². The van der Waals surface area contributed by atoms with Crippen LogP contribution in [0.1, 0.15) is 34.7 Å². The molecule has 0 saturated carbocycles. The number of aromatic nitrogens is 2. The van der Waals surface area contributed by atoms with Crippen LogP contribution >= 0.6 is 11.3 Å². The van der Waals surface area contributed by atoms with E-state index in [9.17, 15) is 4.79 Å². The minimum Gasteiger partial charge on any atom is -0.493 e. The number of fused-ring (bicyclic) bond motifs is 3. The van der Waals surface area contributed by atoms with Gasteiger partial charge < -0.3 is 9.47 Å². The van der Waals surface area contributed by atoms with Crippen LogP contribution in [0.4, 0.5) is 0 Å². The summed E-state index contributed by atoms with van der Waals surface area (Å²) in [5.74, 6) is 1.53. The summed E-state index contributed by atoms with van der Waals surface area (Å²) in [5.41, 5.74) is 3.39. The van der Waals surface area contributed by atoms with Gasteiger partial charge in [-0.2, -0.15) is 0 Å². The van der Waals surface area contributed by atoms with Crippen LogP contribution in [0.2, 0.25) is 0 Å². The van der Waals surface area contributed by atoms with Gasteiger partial charge in [0.05, 0.1) is 19.9 Å². The average Bonchev–Trinajstić information content (AvgIpc) is 3.19. The third-order valence-electron chi connectivity index (χ3n) is 6.52. The number of ether oxygens (including phenoxy) is 2. The molecule has 3 aromatic rings. The molecule has 0 radical (unpaired) electrons. The molecule has 32 heavy (non-hydrogen) atoms. The number of nitrogens with zero attached hydrogens (tertiary/aromatic N) is 4. The van der Waals surface area contributed by atoms with Crippen LogP contribution in [0, 0.1) is 0 Å². The molecule has 8 heteroatoms. The Bertz CT molecular complexity index is 1160. The predicted octanol–water partition coefficient (Wildman–Crippen LogP) is 2.97. The van der Waals surface area contributed by atoms with Crippen molar-refractivity contribution in [1.82, 2.24) is 19.2 Å². The first kappa shape index (κ1) is 21.4. The van der Waals surface area contributed by atoms with Gasteiger partial charge in [0, 0.05) is 55.9 Å². The Kier molecular flexibility index (Phi) is 6.17. The summed E-state index contributed by atoms with van der Waals surface area (Å²) in [6, 6.07) is 7.86. The van der Waals surface area contributed by atoms with E-state index >= 15 is 0 Å². The number of rotatable bonds is 6. The summed E-state index contributed by atoms with van der Waals surface area (Å²) in [6.07, 6.45) is 4.47. The minimum atomic E-state index is 0.0801. The summed E-state index contributed by atoms with van der Waals surface area (Å²) in [4.78, 5) is 24.7. The summed E-state index contributed by atoms with van der Waals surface area (Å²) < 4.78 is 12.6. The van der Waals surface area contributed by atoms with Gasteiger partial charge in [-0.05, 0) is 43.4 Å². The number of thiazole rings is 1. The third kappa shape index (κ3) is 4.27. The first-order valence-corrected chi connectivity index (χ1v) is 12.1. The van der Waals surface area contributed by atoms with Gasteiger partial charge >= 0.3 is 0 Å². The molecule has 0 amide bonds. The van der Waals surface area contributed by atoms with E-state index in [0.29, 0.717) is 0 Å². The molecular formula is C24H30N4O3S. The molecular weight excluding hydrogens is 424 g/mol. The van der Waals surface area contributed by atoms with Crippen LogP contribution in [0.5, 0.6) is 11.5 Å². The van der Waals surface area contributed by atoms with E-state index < -0.39 is 0 Å². The second kappa shape index (κ2) is 9.21. The number of benzene rings is 1. The molecule has 0 N–H and O–H groups in total. The van der Waals surface area contributed by atoms with E-state index in [1.54, 1.807) is 31.6 Å². The fourth-order valence-electron chi connectivity index (χ4n) is 4.79. The summed E-state index contributed by atoms with van der Waals surface area (Å²) in [6.45, 7) is 5.54. The van der Waals surface area contributed by atoms with Gasteiger partial charge in [0.1, 0.15) is 0 Å². The van der Waals surface area contributed by atoms with Crippen molar-refractivity contribution in [3.63, 3.8) is 0 Å². The average molecular weight is 455 g/mol. The molecule has 0 spiro atoms. The standard InChI is InChI=1S/C24H30N4O3S/c1-30-20-8-7-17(13-21(20)31-2)15-26-9-11-27(12-10-26)16-18-14-23(29)28-19-5-3-4-6-22(19)32-24(28)25-18/h7-8,13-14H,3-6,9-12,15-16H2,1-2H3. The zero-order chi connectivity index (χ0) is 22.1. The molecule has 0 atom stereocenters. The number of hydrogen-bond donors (Lipinski definition) is 0. The van der Waals surface area contributed by atoms with Gasteiger partial charge in [0.15, 0.2) is 16.5 Å². The van der Waals surface area contributed by atoms with Crippen molar-refractivity contribution in [1.29, 1.82) is 0 Å². The molecule has 1 fully saturated rings. The van der Waals surface area contributed by atoms with Crippen molar-refractivity contribution >= 4 is 16.3 Å². The second-order valence-electron chi connectivity index (χ2n) is 8.62. The smallest absolute Gasteiger partial charge is 0.259 e. The molecule has 0 unspecified atom stereocenters.